The molecule has 2 aromatic heterocycles. The predicted octanol–water partition coefficient (Wildman–Crippen LogP) is 4.89. The van der Waals surface area contributed by atoms with Gasteiger partial charge < -0.3 is 9.73 Å². The van der Waals surface area contributed by atoms with Crippen LogP contribution in [-0.4, -0.2) is 10.5 Å². The van der Waals surface area contributed by atoms with E-state index in [0.29, 0.717) is 11.6 Å². The van der Waals surface area contributed by atoms with Gasteiger partial charge in [0, 0.05) is 12.4 Å². The van der Waals surface area contributed by atoms with Gasteiger partial charge in [-0.1, -0.05) is 42.5 Å². The van der Waals surface area contributed by atoms with Crippen LogP contribution in [0.15, 0.2) is 71.4 Å². The molecule has 0 saturated carbocycles. The quantitative estimate of drug-likeness (QED) is 0.556. The third-order valence-electron chi connectivity index (χ3n) is 4.88. The van der Waals surface area contributed by atoms with Crippen LogP contribution in [0, 0.1) is 18.3 Å². The maximum atomic E-state index is 13.0. The second kappa shape index (κ2) is 7.09. The molecule has 0 fully saturated rings. The molecule has 2 aromatic carbocycles. The van der Waals surface area contributed by atoms with Crippen LogP contribution in [0.3, 0.4) is 0 Å². The Bertz CT molecular complexity index is 1190. The number of nitrogens with zero attached hydrogens (tertiary/aromatic N) is 2. The molecule has 5 nitrogen and oxygen atoms in total. The molecule has 1 N–H and O–H groups in total. The number of amides is 1. The van der Waals surface area contributed by atoms with Gasteiger partial charge in [-0.3, -0.25) is 9.36 Å². The van der Waals surface area contributed by atoms with Crippen molar-refractivity contribution >= 4 is 16.7 Å². The van der Waals surface area contributed by atoms with Crippen molar-refractivity contribution in [2.24, 2.45) is 0 Å². The van der Waals surface area contributed by atoms with E-state index in [-0.39, 0.29) is 23.1 Å². The fourth-order valence-electron chi connectivity index (χ4n) is 3.53. The molecule has 1 amide bonds. The largest absolute Gasteiger partial charge is 0.443 e. The minimum absolute atomic E-state index is 0.227. The van der Waals surface area contributed by atoms with E-state index < -0.39 is 0 Å². The summed E-state index contributed by atoms with van der Waals surface area (Å²) in [6.07, 6.45) is 3.55. The van der Waals surface area contributed by atoms with E-state index in [4.69, 9.17) is 4.42 Å². The molecule has 28 heavy (non-hydrogen) atoms. The Labute approximate surface area is 162 Å². The summed E-state index contributed by atoms with van der Waals surface area (Å²) >= 11 is 0. The maximum Gasteiger partial charge on any atom is 0.256 e. The van der Waals surface area contributed by atoms with Gasteiger partial charge >= 0.3 is 0 Å². The van der Waals surface area contributed by atoms with Gasteiger partial charge in [-0.15, -0.1) is 0 Å². The van der Waals surface area contributed by atoms with Crippen molar-refractivity contribution < 1.29 is 9.21 Å². The summed E-state index contributed by atoms with van der Waals surface area (Å²) in [6.45, 7) is 3.64. The molecule has 0 unspecified atom stereocenters. The molecular formula is C23H19N3O2. The molecular weight excluding hydrogens is 350 g/mol. The minimum Gasteiger partial charge on any atom is -0.443 e. The Morgan fingerprint density at radius 1 is 1.11 bits per heavy atom. The number of hydrogen-bond donors (Lipinski definition) is 1. The number of benzene rings is 2. The highest BCUT2D eigenvalue weighted by molar-refractivity contribution is 5.99. The highest BCUT2D eigenvalue weighted by Gasteiger charge is 2.25. The third kappa shape index (κ3) is 2.95. The van der Waals surface area contributed by atoms with Crippen molar-refractivity contribution in [1.82, 2.24) is 9.88 Å². The van der Waals surface area contributed by atoms with Gasteiger partial charge in [-0.05, 0) is 42.3 Å². The lowest BCUT2D eigenvalue weighted by molar-refractivity contribution is 0.0938. The van der Waals surface area contributed by atoms with E-state index in [1.807, 2.05) is 61.5 Å². The first kappa shape index (κ1) is 17.6. The zero-order valence-corrected chi connectivity index (χ0v) is 15.6. The van der Waals surface area contributed by atoms with Crippen LogP contribution in [0.25, 0.3) is 16.7 Å². The molecule has 2 heterocycles. The van der Waals surface area contributed by atoms with Crippen molar-refractivity contribution in [3.05, 3.63) is 89.4 Å². The highest BCUT2D eigenvalue weighted by atomic mass is 16.4. The van der Waals surface area contributed by atoms with Gasteiger partial charge in [0.2, 0.25) is 5.88 Å². The number of carbonyl (C=O) groups excluding carboxylic acids is 1. The van der Waals surface area contributed by atoms with Crippen molar-refractivity contribution in [3.8, 4) is 12.0 Å². The number of nitrogens with one attached hydrogen (secondary N) is 1. The molecule has 0 bridgehead atoms. The third-order valence-corrected chi connectivity index (χ3v) is 4.88. The van der Waals surface area contributed by atoms with Crippen molar-refractivity contribution in [2.45, 2.75) is 19.9 Å². The summed E-state index contributed by atoms with van der Waals surface area (Å²) in [5.41, 5.74) is 1.53. The zero-order valence-electron chi connectivity index (χ0n) is 15.6. The summed E-state index contributed by atoms with van der Waals surface area (Å²) in [5, 5.41) is 14.9. The highest BCUT2D eigenvalue weighted by Crippen LogP contribution is 2.28. The summed E-state index contributed by atoms with van der Waals surface area (Å²) in [6, 6.07) is 19.7. The number of carbonyl (C=O) groups is 1. The molecule has 4 aromatic rings. The molecule has 0 aliphatic heterocycles. The van der Waals surface area contributed by atoms with Crippen LogP contribution in [0.2, 0.25) is 0 Å². The van der Waals surface area contributed by atoms with Crippen molar-refractivity contribution in [1.29, 1.82) is 5.26 Å². The van der Waals surface area contributed by atoms with Crippen LogP contribution >= 0.6 is 0 Å². The van der Waals surface area contributed by atoms with Crippen molar-refractivity contribution in [2.75, 3.05) is 0 Å². The van der Waals surface area contributed by atoms with E-state index in [2.05, 4.69) is 11.4 Å². The topological polar surface area (TPSA) is 71.0 Å². The first-order valence-electron chi connectivity index (χ1n) is 9.05. The average Bonchev–Trinajstić information content (AvgIpc) is 3.34. The monoisotopic (exact) mass is 369 g/mol. The molecule has 0 radical (unpaired) electrons. The molecule has 138 valence electrons. The summed E-state index contributed by atoms with van der Waals surface area (Å²) in [4.78, 5) is 13.0. The molecule has 0 spiro atoms. The number of hydrogen-bond acceptors (Lipinski definition) is 3. The van der Waals surface area contributed by atoms with E-state index >= 15 is 0 Å². The number of rotatable bonds is 4. The Kier molecular flexibility index (Phi) is 4.46. The summed E-state index contributed by atoms with van der Waals surface area (Å²) in [7, 11) is 0. The smallest absolute Gasteiger partial charge is 0.256 e. The normalized spacial score (nSPS) is 11.9. The van der Waals surface area contributed by atoms with Gasteiger partial charge in [0.05, 0.1) is 6.04 Å². The zero-order chi connectivity index (χ0) is 19.7. The van der Waals surface area contributed by atoms with Gasteiger partial charge in [0.1, 0.15) is 23.0 Å². The van der Waals surface area contributed by atoms with Crippen LogP contribution < -0.4 is 5.32 Å². The van der Waals surface area contributed by atoms with Gasteiger partial charge in [-0.2, -0.15) is 5.26 Å². The number of fused-ring (bicyclic) bond motifs is 1. The Hall–Kier alpha value is -3.78. The lowest BCUT2D eigenvalue weighted by Gasteiger charge is -2.16. The second-order valence-electron chi connectivity index (χ2n) is 6.68. The van der Waals surface area contributed by atoms with Crippen molar-refractivity contribution in [3.63, 3.8) is 0 Å². The maximum absolute atomic E-state index is 13.0. The fraction of sp³-hybridized carbons (Fsp3) is 0.130. The SMILES string of the molecule is Cc1oc(-n2cccc2)c(C#N)c1C(=O)N[C@H](C)c1cccc2ccccc12. The second-order valence-corrected chi connectivity index (χ2v) is 6.68. The Morgan fingerprint density at radius 2 is 1.82 bits per heavy atom. The summed E-state index contributed by atoms with van der Waals surface area (Å²) in [5.74, 6) is 0.451. The molecule has 0 aliphatic rings. The van der Waals surface area contributed by atoms with E-state index in [9.17, 15) is 10.1 Å². The first-order valence-corrected chi connectivity index (χ1v) is 9.05. The first-order chi connectivity index (χ1) is 13.6. The van der Waals surface area contributed by atoms with Crippen LogP contribution in [-0.2, 0) is 0 Å². The Morgan fingerprint density at radius 3 is 2.57 bits per heavy atom. The molecule has 0 aliphatic carbocycles. The standard InChI is InChI=1S/C23H19N3O2/c1-15(18-11-7-9-17-8-3-4-10-19(17)18)25-22(27)21-16(2)28-23(20(21)14-24)26-12-5-6-13-26/h3-13,15H,1-2H3,(H,25,27)/t15-/m1/s1. The average molecular weight is 369 g/mol. The van der Waals surface area contributed by atoms with E-state index in [0.717, 1.165) is 16.3 Å². The summed E-state index contributed by atoms with van der Waals surface area (Å²) < 4.78 is 7.43. The number of nitriles is 1. The Balaban J connectivity index is 1.68. The fourth-order valence-corrected chi connectivity index (χ4v) is 3.53. The van der Waals surface area contributed by atoms with Gasteiger partial charge in [0.25, 0.3) is 5.91 Å². The van der Waals surface area contributed by atoms with Crippen LogP contribution in [0.5, 0.6) is 0 Å². The molecule has 5 heteroatoms. The number of aryl methyl sites for hydroxylation is 1. The number of furan rings is 1. The van der Waals surface area contributed by atoms with Gasteiger partial charge in [0.15, 0.2) is 0 Å². The van der Waals surface area contributed by atoms with Crippen LogP contribution in [0.1, 0.15) is 40.2 Å². The molecule has 0 saturated heterocycles. The minimum atomic E-state index is -0.323. The van der Waals surface area contributed by atoms with Crippen LogP contribution in [0.4, 0.5) is 0 Å². The number of aromatic nitrogens is 1. The predicted molar refractivity (Wildman–Crippen MR) is 107 cm³/mol. The van der Waals surface area contributed by atoms with Gasteiger partial charge in [-0.25, -0.2) is 0 Å². The lowest BCUT2D eigenvalue weighted by Crippen LogP contribution is -2.27. The lowest BCUT2D eigenvalue weighted by atomic mass is 9.99. The van der Waals surface area contributed by atoms with E-state index in [1.165, 1.54) is 0 Å². The van der Waals surface area contributed by atoms with E-state index in [1.54, 1.807) is 23.9 Å². The molecule has 1 atom stereocenters. The molecule has 4 rings (SSSR count).